The molecular weight excluding hydrogens is 270 g/mol. The predicted molar refractivity (Wildman–Crippen MR) is 59.9 cm³/mol. The lowest BCUT2D eigenvalue weighted by Crippen LogP contribution is -2.09. The van der Waals surface area contributed by atoms with Gasteiger partial charge in [0.05, 0.1) is 11.6 Å². The molecule has 0 aliphatic heterocycles. The molecule has 0 N–H and O–H groups in total. The molecule has 0 aromatic heterocycles. The van der Waals surface area contributed by atoms with E-state index in [1.165, 1.54) is 12.1 Å². The van der Waals surface area contributed by atoms with Crippen LogP contribution in [0, 0.1) is 11.7 Å². The van der Waals surface area contributed by atoms with E-state index in [1.54, 1.807) is 6.07 Å². The highest BCUT2D eigenvalue weighted by Crippen LogP contribution is 2.25. The molecule has 1 aromatic rings. The van der Waals surface area contributed by atoms with Crippen LogP contribution in [-0.4, -0.2) is 11.9 Å². The SMILES string of the molecule is CC(CBr)COc1ccc(F)cc1Cl. The average molecular weight is 282 g/mol. The Bertz CT molecular complexity index is 306. The minimum absolute atomic E-state index is 0.312. The van der Waals surface area contributed by atoms with Crippen LogP contribution in [0.1, 0.15) is 6.92 Å². The normalized spacial score (nSPS) is 12.6. The van der Waals surface area contributed by atoms with Crippen LogP contribution >= 0.6 is 27.5 Å². The first-order valence-corrected chi connectivity index (χ1v) is 5.77. The van der Waals surface area contributed by atoms with Crippen LogP contribution in [0.25, 0.3) is 0 Å². The summed E-state index contributed by atoms with van der Waals surface area (Å²) in [5.74, 6) is 0.577. The summed E-state index contributed by atoms with van der Waals surface area (Å²) < 4.78 is 18.1. The maximum absolute atomic E-state index is 12.7. The van der Waals surface area contributed by atoms with E-state index in [0.717, 1.165) is 5.33 Å². The molecule has 0 saturated carbocycles. The van der Waals surface area contributed by atoms with Crippen molar-refractivity contribution < 1.29 is 9.13 Å². The number of benzene rings is 1. The van der Waals surface area contributed by atoms with Crippen molar-refractivity contribution in [3.63, 3.8) is 0 Å². The lowest BCUT2D eigenvalue weighted by atomic mass is 10.2. The Hall–Kier alpha value is -0.280. The van der Waals surface area contributed by atoms with Gasteiger partial charge in [0, 0.05) is 5.33 Å². The molecule has 14 heavy (non-hydrogen) atoms. The van der Waals surface area contributed by atoms with Gasteiger partial charge in [0.25, 0.3) is 0 Å². The van der Waals surface area contributed by atoms with E-state index in [0.29, 0.717) is 23.3 Å². The number of alkyl halides is 1. The van der Waals surface area contributed by atoms with Gasteiger partial charge >= 0.3 is 0 Å². The van der Waals surface area contributed by atoms with E-state index in [2.05, 4.69) is 15.9 Å². The molecule has 0 spiro atoms. The standard InChI is InChI=1S/C10H11BrClFO/c1-7(5-11)6-14-10-3-2-8(13)4-9(10)12/h2-4,7H,5-6H2,1H3. The van der Waals surface area contributed by atoms with Crippen LogP contribution in [0.15, 0.2) is 18.2 Å². The number of hydrogen-bond acceptors (Lipinski definition) is 1. The van der Waals surface area contributed by atoms with Crippen LogP contribution < -0.4 is 4.74 Å². The molecule has 0 amide bonds. The van der Waals surface area contributed by atoms with Crippen molar-refractivity contribution in [1.29, 1.82) is 0 Å². The molecule has 0 aliphatic rings. The molecule has 0 saturated heterocycles. The second-order valence-electron chi connectivity index (χ2n) is 3.15. The van der Waals surface area contributed by atoms with Crippen molar-refractivity contribution in [2.75, 3.05) is 11.9 Å². The topological polar surface area (TPSA) is 9.23 Å². The smallest absolute Gasteiger partial charge is 0.138 e. The zero-order valence-electron chi connectivity index (χ0n) is 7.77. The first-order chi connectivity index (χ1) is 6.63. The molecular formula is C10H11BrClFO. The molecule has 4 heteroatoms. The summed E-state index contributed by atoms with van der Waals surface area (Å²) in [5.41, 5.74) is 0. The number of rotatable bonds is 4. The van der Waals surface area contributed by atoms with Crippen molar-refractivity contribution in [3.05, 3.63) is 29.0 Å². The number of ether oxygens (including phenoxy) is 1. The van der Waals surface area contributed by atoms with Gasteiger partial charge in [-0.25, -0.2) is 4.39 Å². The molecule has 1 atom stereocenters. The minimum Gasteiger partial charge on any atom is -0.492 e. The van der Waals surface area contributed by atoms with Gasteiger partial charge < -0.3 is 4.74 Å². The molecule has 1 aromatic carbocycles. The third-order valence-electron chi connectivity index (χ3n) is 1.68. The Balaban J connectivity index is 2.59. The Morgan fingerprint density at radius 3 is 2.86 bits per heavy atom. The summed E-state index contributed by atoms with van der Waals surface area (Å²) in [4.78, 5) is 0. The summed E-state index contributed by atoms with van der Waals surface area (Å²) in [6, 6.07) is 4.12. The Morgan fingerprint density at radius 2 is 2.29 bits per heavy atom. The molecule has 0 bridgehead atoms. The zero-order chi connectivity index (χ0) is 10.6. The molecule has 0 aliphatic carbocycles. The van der Waals surface area contributed by atoms with Crippen molar-refractivity contribution in [2.24, 2.45) is 5.92 Å². The van der Waals surface area contributed by atoms with Gasteiger partial charge in [0.15, 0.2) is 0 Å². The fourth-order valence-electron chi connectivity index (χ4n) is 0.869. The third kappa shape index (κ3) is 3.46. The largest absolute Gasteiger partial charge is 0.492 e. The maximum Gasteiger partial charge on any atom is 0.138 e. The van der Waals surface area contributed by atoms with Crippen LogP contribution in [0.3, 0.4) is 0 Å². The van der Waals surface area contributed by atoms with Crippen LogP contribution in [-0.2, 0) is 0 Å². The number of hydrogen-bond donors (Lipinski definition) is 0. The molecule has 78 valence electrons. The predicted octanol–water partition coefficient (Wildman–Crippen LogP) is 3.89. The monoisotopic (exact) mass is 280 g/mol. The highest BCUT2D eigenvalue weighted by Gasteiger charge is 2.05. The van der Waals surface area contributed by atoms with Gasteiger partial charge in [-0.1, -0.05) is 34.5 Å². The maximum atomic E-state index is 12.7. The second-order valence-corrected chi connectivity index (χ2v) is 4.20. The Kier molecular flexibility index (Phi) is 4.69. The van der Waals surface area contributed by atoms with Crippen molar-refractivity contribution in [2.45, 2.75) is 6.92 Å². The molecule has 1 nitrogen and oxygen atoms in total. The van der Waals surface area contributed by atoms with E-state index >= 15 is 0 Å². The third-order valence-corrected chi connectivity index (χ3v) is 3.08. The minimum atomic E-state index is -0.351. The fraction of sp³-hybridized carbons (Fsp3) is 0.400. The lowest BCUT2D eigenvalue weighted by molar-refractivity contribution is 0.274. The molecule has 1 unspecified atom stereocenters. The van der Waals surface area contributed by atoms with Gasteiger partial charge in [-0.15, -0.1) is 0 Å². The average Bonchev–Trinajstić information content (AvgIpc) is 2.16. The van der Waals surface area contributed by atoms with Gasteiger partial charge in [0.1, 0.15) is 11.6 Å². The second kappa shape index (κ2) is 5.56. The summed E-state index contributed by atoms with van der Waals surface area (Å²) in [5, 5.41) is 1.18. The molecule has 1 rings (SSSR count). The van der Waals surface area contributed by atoms with E-state index < -0.39 is 0 Å². The van der Waals surface area contributed by atoms with Gasteiger partial charge in [0.2, 0.25) is 0 Å². The van der Waals surface area contributed by atoms with Crippen LogP contribution in [0.2, 0.25) is 5.02 Å². The van der Waals surface area contributed by atoms with Gasteiger partial charge in [-0.2, -0.15) is 0 Å². The quantitative estimate of drug-likeness (QED) is 0.761. The summed E-state index contributed by atoms with van der Waals surface area (Å²) in [6.45, 7) is 2.61. The first kappa shape index (κ1) is 11.8. The summed E-state index contributed by atoms with van der Waals surface area (Å²) in [7, 11) is 0. The van der Waals surface area contributed by atoms with Crippen molar-refractivity contribution >= 4 is 27.5 Å². The lowest BCUT2D eigenvalue weighted by Gasteiger charge is -2.11. The summed E-state index contributed by atoms with van der Waals surface area (Å²) in [6.07, 6.45) is 0. The zero-order valence-corrected chi connectivity index (χ0v) is 10.1. The van der Waals surface area contributed by atoms with Gasteiger partial charge in [-0.3, -0.25) is 0 Å². The van der Waals surface area contributed by atoms with Crippen LogP contribution in [0.4, 0.5) is 4.39 Å². The fourth-order valence-corrected chi connectivity index (χ4v) is 1.28. The van der Waals surface area contributed by atoms with E-state index in [9.17, 15) is 4.39 Å². The van der Waals surface area contributed by atoms with Crippen molar-refractivity contribution in [3.8, 4) is 5.75 Å². The van der Waals surface area contributed by atoms with E-state index in [-0.39, 0.29) is 5.82 Å². The highest BCUT2D eigenvalue weighted by atomic mass is 79.9. The number of halogens is 3. The molecule has 0 heterocycles. The Labute approximate surface area is 96.3 Å². The van der Waals surface area contributed by atoms with E-state index in [1.807, 2.05) is 6.92 Å². The summed E-state index contributed by atoms with van der Waals surface area (Å²) >= 11 is 9.12. The van der Waals surface area contributed by atoms with E-state index in [4.69, 9.17) is 16.3 Å². The molecule has 0 fully saturated rings. The van der Waals surface area contributed by atoms with Crippen LogP contribution in [0.5, 0.6) is 5.75 Å². The van der Waals surface area contributed by atoms with Crippen molar-refractivity contribution in [1.82, 2.24) is 0 Å². The first-order valence-electron chi connectivity index (χ1n) is 4.27. The Morgan fingerprint density at radius 1 is 1.57 bits per heavy atom. The van der Waals surface area contributed by atoms with Gasteiger partial charge in [-0.05, 0) is 24.1 Å². The highest BCUT2D eigenvalue weighted by molar-refractivity contribution is 9.09. The molecule has 0 radical (unpaired) electrons.